The number of anilines is 2. The quantitative estimate of drug-likeness (QED) is 0.725. The number of nitrogens with two attached hydrogens (primary N) is 1. The molecular formula is C15H23N3O2. The molecule has 0 bridgehead atoms. The van der Waals surface area contributed by atoms with Crippen molar-refractivity contribution in [2.75, 3.05) is 30.7 Å². The van der Waals surface area contributed by atoms with E-state index in [0.29, 0.717) is 36.8 Å². The zero-order chi connectivity index (χ0) is 14.5. The molecule has 1 heterocycles. The number of amides is 1. The number of hydrogen-bond acceptors (Lipinski definition) is 4. The van der Waals surface area contributed by atoms with Crippen LogP contribution in [0.25, 0.3) is 0 Å². The molecule has 1 aromatic rings. The van der Waals surface area contributed by atoms with Gasteiger partial charge in [-0.3, -0.25) is 4.79 Å². The topological polar surface area (TPSA) is 78.6 Å². The van der Waals surface area contributed by atoms with E-state index in [0.717, 1.165) is 13.0 Å². The lowest BCUT2D eigenvalue weighted by Gasteiger charge is -2.34. The average molecular weight is 277 g/mol. The SMILES string of the molecule is CC1CCN(CCC(=O)Nc2ccccc2N)CC1O. The summed E-state index contributed by atoms with van der Waals surface area (Å²) in [5, 5.41) is 12.6. The zero-order valence-electron chi connectivity index (χ0n) is 11.9. The first-order chi connectivity index (χ1) is 9.56. The van der Waals surface area contributed by atoms with Crippen molar-refractivity contribution in [2.24, 2.45) is 5.92 Å². The van der Waals surface area contributed by atoms with Crippen molar-refractivity contribution in [3.8, 4) is 0 Å². The highest BCUT2D eigenvalue weighted by Gasteiger charge is 2.24. The Morgan fingerprint density at radius 3 is 2.95 bits per heavy atom. The highest BCUT2D eigenvalue weighted by atomic mass is 16.3. The first-order valence-corrected chi connectivity index (χ1v) is 7.11. The van der Waals surface area contributed by atoms with Crippen LogP contribution in [0, 0.1) is 5.92 Å². The minimum atomic E-state index is -0.281. The van der Waals surface area contributed by atoms with Crippen LogP contribution in [0.5, 0.6) is 0 Å². The van der Waals surface area contributed by atoms with Crippen LogP contribution in [0.3, 0.4) is 0 Å². The standard InChI is InChI=1S/C15H23N3O2/c1-11-6-8-18(10-14(11)19)9-7-15(20)17-13-5-3-2-4-12(13)16/h2-5,11,14,19H,6-10,16H2,1H3,(H,17,20). The molecule has 1 aromatic carbocycles. The first-order valence-electron chi connectivity index (χ1n) is 7.11. The molecule has 1 aliphatic rings. The summed E-state index contributed by atoms with van der Waals surface area (Å²) in [5.74, 6) is 0.306. The van der Waals surface area contributed by atoms with Gasteiger partial charge in [0.25, 0.3) is 0 Å². The number of benzene rings is 1. The highest BCUT2D eigenvalue weighted by molar-refractivity contribution is 5.93. The van der Waals surface area contributed by atoms with Gasteiger partial charge in [-0.05, 0) is 31.0 Å². The van der Waals surface area contributed by atoms with Gasteiger partial charge >= 0.3 is 0 Å². The number of nitrogens with one attached hydrogen (secondary N) is 1. The molecule has 5 nitrogen and oxygen atoms in total. The maximum absolute atomic E-state index is 11.9. The Kier molecular flexibility index (Phi) is 4.98. The number of likely N-dealkylation sites (tertiary alicyclic amines) is 1. The van der Waals surface area contributed by atoms with E-state index < -0.39 is 0 Å². The van der Waals surface area contributed by atoms with Gasteiger partial charge in [0.2, 0.25) is 5.91 Å². The van der Waals surface area contributed by atoms with E-state index in [4.69, 9.17) is 5.73 Å². The number of rotatable bonds is 4. The number of β-amino-alcohol motifs (C(OH)–C–C–N with tert-alkyl or cyclic N) is 1. The summed E-state index contributed by atoms with van der Waals surface area (Å²) >= 11 is 0. The van der Waals surface area contributed by atoms with Crippen LogP contribution in [0.2, 0.25) is 0 Å². The summed E-state index contributed by atoms with van der Waals surface area (Å²) in [6, 6.07) is 7.23. The summed E-state index contributed by atoms with van der Waals surface area (Å²) < 4.78 is 0. The lowest BCUT2D eigenvalue weighted by Crippen LogP contribution is -2.43. The molecule has 0 saturated carbocycles. The Morgan fingerprint density at radius 2 is 2.25 bits per heavy atom. The van der Waals surface area contributed by atoms with Crippen molar-refractivity contribution in [1.82, 2.24) is 4.90 Å². The van der Waals surface area contributed by atoms with Crippen LogP contribution in [0.1, 0.15) is 19.8 Å². The fraction of sp³-hybridized carbons (Fsp3) is 0.533. The maximum Gasteiger partial charge on any atom is 0.225 e. The number of aliphatic hydroxyl groups is 1. The minimum Gasteiger partial charge on any atom is -0.397 e. The number of carbonyl (C=O) groups excluding carboxylic acids is 1. The number of carbonyl (C=O) groups is 1. The van der Waals surface area contributed by atoms with E-state index >= 15 is 0 Å². The number of para-hydroxylation sites is 2. The van der Waals surface area contributed by atoms with Gasteiger partial charge in [-0.2, -0.15) is 0 Å². The predicted octanol–water partition coefficient (Wildman–Crippen LogP) is 1.30. The van der Waals surface area contributed by atoms with E-state index in [1.165, 1.54) is 0 Å². The molecule has 2 atom stereocenters. The third kappa shape index (κ3) is 3.95. The Morgan fingerprint density at radius 1 is 1.50 bits per heavy atom. The molecule has 4 N–H and O–H groups in total. The van der Waals surface area contributed by atoms with Crippen molar-refractivity contribution < 1.29 is 9.90 Å². The number of aliphatic hydroxyl groups excluding tert-OH is 1. The number of hydrogen-bond donors (Lipinski definition) is 3. The van der Waals surface area contributed by atoms with Gasteiger partial charge < -0.3 is 21.1 Å². The van der Waals surface area contributed by atoms with Crippen LogP contribution < -0.4 is 11.1 Å². The molecule has 5 heteroatoms. The van der Waals surface area contributed by atoms with Crippen LogP contribution >= 0.6 is 0 Å². The molecular weight excluding hydrogens is 254 g/mol. The Labute approximate surface area is 119 Å². The van der Waals surface area contributed by atoms with Crippen LogP contribution in [0.4, 0.5) is 11.4 Å². The van der Waals surface area contributed by atoms with E-state index in [2.05, 4.69) is 17.1 Å². The third-order valence-corrected chi connectivity index (χ3v) is 3.89. The molecule has 1 saturated heterocycles. The molecule has 2 unspecified atom stereocenters. The van der Waals surface area contributed by atoms with E-state index in [1.54, 1.807) is 12.1 Å². The van der Waals surface area contributed by atoms with Gasteiger partial charge in [0, 0.05) is 19.5 Å². The van der Waals surface area contributed by atoms with E-state index in [9.17, 15) is 9.90 Å². The van der Waals surface area contributed by atoms with Gasteiger partial charge in [0.1, 0.15) is 0 Å². The molecule has 110 valence electrons. The van der Waals surface area contributed by atoms with Gasteiger partial charge in [-0.15, -0.1) is 0 Å². The van der Waals surface area contributed by atoms with Gasteiger partial charge in [-0.1, -0.05) is 19.1 Å². The molecule has 0 aliphatic carbocycles. The minimum absolute atomic E-state index is 0.0454. The van der Waals surface area contributed by atoms with Gasteiger partial charge in [0.15, 0.2) is 0 Å². The predicted molar refractivity (Wildman–Crippen MR) is 80.3 cm³/mol. The summed E-state index contributed by atoms with van der Waals surface area (Å²) in [6.45, 7) is 4.33. The van der Waals surface area contributed by atoms with Crippen LogP contribution in [0.15, 0.2) is 24.3 Å². The monoisotopic (exact) mass is 277 g/mol. The Balaban J connectivity index is 1.77. The number of nitrogens with zero attached hydrogens (tertiary/aromatic N) is 1. The largest absolute Gasteiger partial charge is 0.397 e. The Hall–Kier alpha value is -1.59. The van der Waals surface area contributed by atoms with Crippen molar-refractivity contribution in [1.29, 1.82) is 0 Å². The van der Waals surface area contributed by atoms with E-state index in [1.807, 2.05) is 12.1 Å². The number of nitrogen functional groups attached to an aromatic ring is 1. The summed E-state index contributed by atoms with van der Waals surface area (Å²) in [7, 11) is 0. The summed E-state index contributed by atoms with van der Waals surface area (Å²) in [4.78, 5) is 14.0. The maximum atomic E-state index is 11.9. The zero-order valence-corrected chi connectivity index (χ0v) is 11.9. The molecule has 1 amide bonds. The summed E-state index contributed by atoms with van der Waals surface area (Å²) in [6.07, 6.45) is 1.11. The molecule has 2 rings (SSSR count). The molecule has 1 aliphatic heterocycles. The molecule has 20 heavy (non-hydrogen) atoms. The van der Waals surface area contributed by atoms with Crippen LogP contribution in [-0.2, 0) is 4.79 Å². The second kappa shape index (κ2) is 6.72. The van der Waals surface area contributed by atoms with Crippen molar-refractivity contribution in [3.63, 3.8) is 0 Å². The smallest absolute Gasteiger partial charge is 0.225 e. The molecule has 0 aromatic heterocycles. The lowest BCUT2D eigenvalue weighted by atomic mass is 9.96. The van der Waals surface area contributed by atoms with Crippen LogP contribution in [-0.4, -0.2) is 41.7 Å². The fourth-order valence-electron chi connectivity index (χ4n) is 2.40. The molecule has 0 spiro atoms. The van der Waals surface area contributed by atoms with E-state index in [-0.39, 0.29) is 12.0 Å². The second-order valence-corrected chi connectivity index (χ2v) is 5.52. The second-order valence-electron chi connectivity index (χ2n) is 5.52. The first kappa shape index (κ1) is 14.8. The highest BCUT2D eigenvalue weighted by Crippen LogP contribution is 2.18. The third-order valence-electron chi connectivity index (χ3n) is 3.89. The number of piperidine rings is 1. The lowest BCUT2D eigenvalue weighted by molar-refractivity contribution is -0.116. The van der Waals surface area contributed by atoms with Crippen molar-refractivity contribution >= 4 is 17.3 Å². The molecule has 0 radical (unpaired) electrons. The average Bonchev–Trinajstić information content (AvgIpc) is 2.43. The Bertz CT molecular complexity index is 464. The van der Waals surface area contributed by atoms with Crippen molar-refractivity contribution in [2.45, 2.75) is 25.9 Å². The summed E-state index contributed by atoms with van der Waals surface area (Å²) in [5.41, 5.74) is 7.01. The van der Waals surface area contributed by atoms with Gasteiger partial charge in [-0.25, -0.2) is 0 Å². The van der Waals surface area contributed by atoms with Gasteiger partial charge in [0.05, 0.1) is 17.5 Å². The normalized spacial score (nSPS) is 23.5. The molecule has 1 fully saturated rings. The van der Waals surface area contributed by atoms with Crippen molar-refractivity contribution in [3.05, 3.63) is 24.3 Å². The fourth-order valence-corrected chi connectivity index (χ4v) is 2.40.